The van der Waals surface area contributed by atoms with E-state index in [9.17, 15) is 9.59 Å². The Morgan fingerprint density at radius 3 is 2.78 bits per heavy atom. The average Bonchev–Trinajstić information content (AvgIpc) is 2.96. The fourth-order valence-electron chi connectivity index (χ4n) is 2.33. The Hall–Kier alpha value is -1.17. The van der Waals surface area contributed by atoms with E-state index in [-0.39, 0.29) is 0 Å². The van der Waals surface area contributed by atoms with Gasteiger partial charge in [-0.1, -0.05) is 18.7 Å². The van der Waals surface area contributed by atoms with Crippen molar-refractivity contribution < 1.29 is 19.1 Å². The molecule has 0 aliphatic carbocycles. The SMILES string of the molecule is CCSC1(C(=O)OC)OC(=O)C=C1N1CCCC1. The molecule has 2 aliphatic rings. The molecule has 100 valence electrons. The van der Waals surface area contributed by atoms with E-state index in [2.05, 4.69) is 0 Å². The number of carbonyl (C=O) groups excluding carboxylic acids is 2. The van der Waals surface area contributed by atoms with Crippen LogP contribution in [0.3, 0.4) is 0 Å². The van der Waals surface area contributed by atoms with Gasteiger partial charge in [-0.2, -0.15) is 0 Å². The molecule has 1 atom stereocenters. The van der Waals surface area contributed by atoms with E-state index in [1.165, 1.54) is 24.9 Å². The molecule has 18 heavy (non-hydrogen) atoms. The molecule has 0 aromatic rings. The van der Waals surface area contributed by atoms with Gasteiger partial charge in [0.2, 0.25) is 0 Å². The molecule has 0 aromatic carbocycles. The lowest BCUT2D eigenvalue weighted by molar-refractivity contribution is -0.162. The van der Waals surface area contributed by atoms with Gasteiger partial charge in [0.05, 0.1) is 12.8 Å². The summed E-state index contributed by atoms with van der Waals surface area (Å²) < 4.78 is 10.1. The lowest BCUT2D eigenvalue weighted by Crippen LogP contribution is -2.44. The quantitative estimate of drug-likeness (QED) is 0.715. The highest BCUT2D eigenvalue weighted by Gasteiger charge is 2.54. The summed E-state index contributed by atoms with van der Waals surface area (Å²) in [5.74, 6) is -0.324. The first-order chi connectivity index (χ1) is 8.64. The molecule has 0 aromatic heterocycles. The monoisotopic (exact) mass is 271 g/mol. The van der Waals surface area contributed by atoms with Gasteiger partial charge in [-0.3, -0.25) is 0 Å². The zero-order valence-electron chi connectivity index (χ0n) is 10.6. The van der Waals surface area contributed by atoms with Crippen LogP contribution in [0.25, 0.3) is 0 Å². The number of hydrogen-bond donors (Lipinski definition) is 0. The second kappa shape index (κ2) is 5.22. The number of carbonyl (C=O) groups is 2. The maximum Gasteiger partial charge on any atom is 0.367 e. The van der Waals surface area contributed by atoms with E-state index in [1.807, 2.05) is 11.8 Å². The molecule has 6 heteroatoms. The van der Waals surface area contributed by atoms with Crippen molar-refractivity contribution in [3.8, 4) is 0 Å². The minimum Gasteiger partial charge on any atom is -0.465 e. The summed E-state index contributed by atoms with van der Waals surface area (Å²) in [4.78, 5) is 24.4. The Morgan fingerprint density at radius 1 is 1.56 bits per heavy atom. The molecule has 0 radical (unpaired) electrons. The fraction of sp³-hybridized carbons (Fsp3) is 0.667. The minimum absolute atomic E-state index is 0.469. The first-order valence-corrected chi connectivity index (χ1v) is 7.05. The van der Waals surface area contributed by atoms with Crippen LogP contribution in [0.15, 0.2) is 11.8 Å². The van der Waals surface area contributed by atoms with E-state index in [0.717, 1.165) is 25.9 Å². The molecule has 1 saturated heterocycles. The summed E-state index contributed by atoms with van der Waals surface area (Å²) in [6.07, 6.45) is 3.56. The molecule has 1 fully saturated rings. The highest BCUT2D eigenvalue weighted by atomic mass is 32.2. The van der Waals surface area contributed by atoms with Crippen LogP contribution in [-0.2, 0) is 19.1 Å². The van der Waals surface area contributed by atoms with Gasteiger partial charge in [0, 0.05) is 19.2 Å². The molecule has 0 amide bonds. The highest BCUT2D eigenvalue weighted by molar-refractivity contribution is 8.01. The smallest absolute Gasteiger partial charge is 0.367 e. The molecule has 2 heterocycles. The van der Waals surface area contributed by atoms with Crippen LogP contribution in [0.4, 0.5) is 0 Å². The second-order valence-electron chi connectivity index (χ2n) is 4.19. The summed E-state index contributed by atoms with van der Waals surface area (Å²) in [6, 6.07) is 0. The topological polar surface area (TPSA) is 55.8 Å². The molecule has 0 N–H and O–H groups in total. The third-order valence-electron chi connectivity index (χ3n) is 3.08. The van der Waals surface area contributed by atoms with Crippen molar-refractivity contribution in [1.29, 1.82) is 0 Å². The molecule has 5 nitrogen and oxygen atoms in total. The van der Waals surface area contributed by atoms with Crippen molar-refractivity contribution in [3.05, 3.63) is 11.8 Å². The van der Waals surface area contributed by atoms with E-state index in [0.29, 0.717) is 11.4 Å². The van der Waals surface area contributed by atoms with E-state index in [1.54, 1.807) is 0 Å². The van der Waals surface area contributed by atoms with Gasteiger partial charge < -0.3 is 14.4 Å². The van der Waals surface area contributed by atoms with Gasteiger partial charge in [0.1, 0.15) is 0 Å². The molecule has 0 spiro atoms. The number of hydrogen-bond acceptors (Lipinski definition) is 6. The maximum atomic E-state index is 12.1. The predicted octanol–water partition coefficient (Wildman–Crippen LogP) is 1.15. The number of ether oxygens (including phenoxy) is 2. The van der Waals surface area contributed by atoms with Crippen molar-refractivity contribution >= 4 is 23.7 Å². The van der Waals surface area contributed by atoms with Crippen LogP contribution in [0.1, 0.15) is 19.8 Å². The Bertz CT molecular complexity index is 390. The van der Waals surface area contributed by atoms with Crippen molar-refractivity contribution in [1.82, 2.24) is 4.90 Å². The van der Waals surface area contributed by atoms with Crippen molar-refractivity contribution in [2.45, 2.75) is 24.7 Å². The maximum absolute atomic E-state index is 12.1. The minimum atomic E-state index is -1.30. The Morgan fingerprint density at radius 2 is 2.22 bits per heavy atom. The number of cyclic esters (lactones) is 1. The summed E-state index contributed by atoms with van der Waals surface area (Å²) in [5.41, 5.74) is 0.642. The van der Waals surface area contributed by atoms with Crippen molar-refractivity contribution in [2.24, 2.45) is 0 Å². The third kappa shape index (κ3) is 2.09. The zero-order valence-corrected chi connectivity index (χ0v) is 11.4. The molecular weight excluding hydrogens is 254 g/mol. The summed E-state index contributed by atoms with van der Waals surface area (Å²) >= 11 is 1.29. The Balaban J connectivity index is 2.34. The van der Waals surface area contributed by atoms with Gasteiger partial charge in [0.25, 0.3) is 4.93 Å². The first-order valence-electron chi connectivity index (χ1n) is 6.06. The number of likely N-dealkylation sites (tertiary alicyclic amines) is 1. The van der Waals surface area contributed by atoms with Crippen LogP contribution < -0.4 is 0 Å². The number of esters is 2. The van der Waals surface area contributed by atoms with E-state index >= 15 is 0 Å². The number of methoxy groups -OCH3 is 1. The van der Waals surface area contributed by atoms with Crippen LogP contribution in [0.2, 0.25) is 0 Å². The normalized spacial score (nSPS) is 27.1. The zero-order chi connectivity index (χ0) is 13.2. The van der Waals surface area contributed by atoms with E-state index < -0.39 is 16.9 Å². The van der Waals surface area contributed by atoms with Gasteiger partial charge in [0.15, 0.2) is 0 Å². The second-order valence-corrected chi connectivity index (χ2v) is 5.63. The summed E-state index contributed by atoms with van der Waals surface area (Å²) in [5, 5.41) is 0. The van der Waals surface area contributed by atoms with Gasteiger partial charge in [-0.05, 0) is 18.6 Å². The van der Waals surface area contributed by atoms with Gasteiger partial charge in [-0.25, -0.2) is 9.59 Å². The van der Waals surface area contributed by atoms with Gasteiger partial charge >= 0.3 is 11.9 Å². The largest absolute Gasteiger partial charge is 0.465 e. The van der Waals surface area contributed by atoms with Crippen LogP contribution >= 0.6 is 11.8 Å². The third-order valence-corrected chi connectivity index (χ3v) is 4.24. The standard InChI is InChI=1S/C12H17NO4S/c1-3-18-12(11(15)16-2)9(8-10(14)17-12)13-6-4-5-7-13/h8H,3-7H2,1-2H3. The fourth-order valence-corrected chi connectivity index (χ4v) is 3.42. The highest BCUT2D eigenvalue weighted by Crippen LogP contribution is 2.42. The lowest BCUT2D eigenvalue weighted by atomic mass is 10.2. The van der Waals surface area contributed by atoms with Crippen LogP contribution in [0.5, 0.6) is 0 Å². The van der Waals surface area contributed by atoms with Gasteiger partial charge in [-0.15, -0.1) is 0 Å². The Kier molecular flexibility index (Phi) is 3.85. The number of rotatable bonds is 4. The first kappa shape index (κ1) is 13.3. The van der Waals surface area contributed by atoms with Crippen LogP contribution in [-0.4, -0.2) is 47.7 Å². The molecule has 0 saturated carbocycles. The molecule has 2 rings (SSSR count). The van der Waals surface area contributed by atoms with Crippen LogP contribution in [0, 0.1) is 0 Å². The van der Waals surface area contributed by atoms with E-state index in [4.69, 9.17) is 9.47 Å². The molecule has 2 aliphatic heterocycles. The number of nitrogens with zero attached hydrogens (tertiary/aromatic N) is 1. The number of thioether (sulfide) groups is 1. The predicted molar refractivity (Wildman–Crippen MR) is 67.9 cm³/mol. The molecule has 1 unspecified atom stereocenters. The molecular formula is C12H17NO4S. The average molecular weight is 271 g/mol. The Labute approximate surface area is 110 Å². The molecule has 0 bridgehead atoms. The summed E-state index contributed by atoms with van der Waals surface area (Å²) in [7, 11) is 1.31. The lowest BCUT2D eigenvalue weighted by Gasteiger charge is -2.32. The van der Waals surface area contributed by atoms with Crippen molar-refractivity contribution in [2.75, 3.05) is 26.0 Å². The summed E-state index contributed by atoms with van der Waals surface area (Å²) in [6.45, 7) is 3.63. The van der Waals surface area contributed by atoms with Crippen molar-refractivity contribution in [3.63, 3.8) is 0 Å².